The highest BCUT2D eigenvalue weighted by Crippen LogP contribution is 2.30. The molecule has 4 nitrogen and oxygen atoms in total. The van der Waals surface area contributed by atoms with Crippen LogP contribution in [0.15, 0.2) is 77.7 Å². The summed E-state index contributed by atoms with van der Waals surface area (Å²) in [6.45, 7) is 1.96. The van der Waals surface area contributed by atoms with E-state index in [4.69, 9.17) is 16.3 Å². The summed E-state index contributed by atoms with van der Waals surface area (Å²) in [5.74, 6) is 0.425. The van der Waals surface area contributed by atoms with E-state index in [1.165, 1.54) is 19.2 Å². The van der Waals surface area contributed by atoms with Crippen LogP contribution in [-0.4, -0.2) is 15.5 Å². The quantitative estimate of drug-likeness (QED) is 0.649. The number of nitrogens with one attached hydrogen (secondary N) is 1. The summed E-state index contributed by atoms with van der Waals surface area (Å²) in [6, 6.07) is 21.1. The van der Waals surface area contributed by atoms with Crippen LogP contribution >= 0.6 is 11.6 Å². The number of benzene rings is 3. The maximum Gasteiger partial charge on any atom is 0.241 e. The van der Waals surface area contributed by atoms with Crippen molar-refractivity contribution in [2.45, 2.75) is 17.9 Å². The number of hydrogen-bond acceptors (Lipinski definition) is 3. The molecular weight excluding hydrogens is 382 g/mol. The maximum absolute atomic E-state index is 13.0. The lowest BCUT2D eigenvalue weighted by Crippen LogP contribution is -2.30. The summed E-state index contributed by atoms with van der Waals surface area (Å²) >= 11 is 6.11. The van der Waals surface area contributed by atoms with Crippen LogP contribution in [0.2, 0.25) is 5.02 Å². The Kier molecular flexibility index (Phi) is 5.85. The third kappa shape index (κ3) is 4.33. The van der Waals surface area contributed by atoms with Crippen molar-refractivity contribution in [1.29, 1.82) is 0 Å². The molecule has 0 aliphatic carbocycles. The lowest BCUT2D eigenvalue weighted by Gasteiger charge is -2.22. The van der Waals surface area contributed by atoms with E-state index in [9.17, 15) is 8.42 Å². The van der Waals surface area contributed by atoms with Crippen molar-refractivity contribution >= 4 is 21.6 Å². The zero-order chi connectivity index (χ0) is 19.4. The highest BCUT2D eigenvalue weighted by Gasteiger charge is 2.24. The fraction of sp³-hybridized carbons (Fsp3) is 0.143. The minimum Gasteiger partial charge on any atom is -0.495 e. The van der Waals surface area contributed by atoms with Gasteiger partial charge in [0, 0.05) is 0 Å². The molecule has 0 saturated carbocycles. The Hall–Kier alpha value is -2.34. The van der Waals surface area contributed by atoms with E-state index in [2.05, 4.69) is 4.72 Å². The van der Waals surface area contributed by atoms with Crippen LogP contribution in [0.4, 0.5) is 0 Å². The van der Waals surface area contributed by atoms with Gasteiger partial charge in [0.15, 0.2) is 0 Å². The smallest absolute Gasteiger partial charge is 0.241 e. The Morgan fingerprint density at radius 3 is 2.26 bits per heavy atom. The molecule has 0 heterocycles. The molecule has 0 bridgehead atoms. The molecule has 0 amide bonds. The fourth-order valence-electron chi connectivity index (χ4n) is 2.90. The molecule has 0 aliphatic rings. The molecule has 3 aromatic carbocycles. The summed E-state index contributed by atoms with van der Waals surface area (Å²) in [5.41, 5.74) is 2.75. The highest BCUT2D eigenvalue weighted by molar-refractivity contribution is 7.89. The maximum atomic E-state index is 13.0. The molecule has 6 heteroatoms. The van der Waals surface area contributed by atoms with Gasteiger partial charge >= 0.3 is 0 Å². The molecule has 0 radical (unpaired) electrons. The van der Waals surface area contributed by atoms with Crippen LogP contribution < -0.4 is 9.46 Å². The second-order valence-electron chi connectivity index (χ2n) is 6.12. The van der Waals surface area contributed by atoms with Crippen LogP contribution in [-0.2, 0) is 10.0 Å². The molecule has 1 N–H and O–H groups in total. The second-order valence-corrected chi connectivity index (χ2v) is 8.24. The average Bonchev–Trinajstić information content (AvgIpc) is 2.67. The normalized spacial score (nSPS) is 12.6. The molecule has 0 aromatic heterocycles. The van der Waals surface area contributed by atoms with E-state index >= 15 is 0 Å². The number of methoxy groups -OCH3 is 1. The van der Waals surface area contributed by atoms with E-state index in [1.807, 2.05) is 61.5 Å². The Labute approximate surface area is 164 Å². The predicted molar refractivity (Wildman–Crippen MR) is 108 cm³/mol. The van der Waals surface area contributed by atoms with Gasteiger partial charge in [-0.25, -0.2) is 8.42 Å². The van der Waals surface area contributed by atoms with Crippen molar-refractivity contribution in [2.75, 3.05) is 7.11 Å². The molecule has 27 heavy (non-hydrogen) atoms. The van der Waals surface area contributed by atoms with Gasteiger partial charge < -0.3 is 4.74 Å². The zero-order valence-corrected chi connectivity index (χ0v) is 16.6. The molecule has 140 valence electrons. The first-order valence-electron chi connectivity index (χ1n) is 8.39. The molecule has 0 saturated heterocycles. The Morgan fingerprint density at radius 1 is 0.963 bits per heavy atom. The standard InChI is InChI=1S/C21H20ClNO3S/c1-15-8-6-7-11-18(15)21(16-9-4-3-5-10-16)23-27(24,25)17-12-13-20(26-2)19(22)14-17/h3-14,21,23H,1-2H3. The Bertz CT molecular complexity index is 1040. The first-order chi connectivity index (χ1) is 12.9. The van der Waals surface area contributed by atoms with Crippen LogP contribution in [0.5, 0.6) is 5.75 Å². The molecule has 0 aliphatic heterocycles. The molecule has 1 unspecified atom stereocenters. The molecule has 0 spiro atoms. The third-order valence-electron chi connectivity index (χ3n) is 4.34. The van der Waals surface area contributed by atoms with E-state index in [1.54, 1.807) is 6.07 Å². The summed E-state index contributed by atoms with van der Waals surface area (Å²) < 4.78 is 34.0. The topological polar surface area (TPSA) is 55.4 Å². The van der Waals surface area contributed by atoms with Gasteiger partial charge in [-0.2, -0.15) is 4.72 Å². The van der Waals surface area contributed by atoms with Crippen LogP contribution in [0.3, 0.4) is 0 Å². The Morgan fingerprint density at radius 2 is 1.63 bits per heavy atom. The largest absolute Gasteiger partial charge is 0.495 e. The summed E-state index contributed by atoms with van der Waals surface area (Å²) in [4.78, 5) is 0.0859. The van der Waals surface area contributed by atoms with Crippen molar-refractivity contribution in [2.24, 2.45) is 0 Å². The molecule has 3 rings (SSSR count). The van der Waals surface area contributed by atoms with Crippen LogP contribution in [0.25, 0.3) is 0 Å². The lowest BCUT2D eigenvalue weighted by molar-refractivity contribution is 0.414. The van der Waals surface area contributed by atoms with Crippen LogP contribution in [0.1, 0.15) is 22.7 Å². The second kappa shape index (κ2) is 8.13. The summed E-state index contributed by atoms with van der Waals surface area (Å²) in [7, 11) is -2.33. The van der Waals surface area contributed by atoms with Crippen molar-refractivity contribution in [3.05, 3.63) is 94.5 Å². The van der Waals surface area contributed by atoms with Gasteiger partial charge in [-0.3, -0.25) is 0 Å². The first-order valence-corrected chi connectivity index (χ1v) is 10.2. The van der Waals surface area contributed by atoms with Gasteiger partial charge in [0.25, 0.3) is 0 Å². The van der Waals surface area contributed by atoms with Crippen molar-refractivity contribution in [3.8, 4) is 5.75 Å². The first kappa shape index (κ1) is 19.4. The van der Waals surface area contributed by atoms with E-state index in [0.717, 1.165) is 16.7 Å². The molecular formula is C21H20ClNO3S. The van der Waals surface area contributed by atoms with Gasteiger partial charge in [-0.1, -0.05) is 66.2 Å². The SMILES string of the molecule is COc1ccc(S(=O)(=O)NC(c2ccccc2)c2ccccc2C)cc1Cl. The van der Waals surface area contributed by atoms with Gasteiger partial charge in [0.1, 0.15) is 5.75 Å². The minimum absolute atomic E-state index is 0.0859. The molecule has 0 fully saturated rings. The van der Waals surface area contributed by atoms with Gasteiger partial charge in [0.05, 0.1) is 23.1 Å². The number of sulfonamides is 1. The van der Waals surface area contributed by atoms with Crippen molar-refractivity contribution in [3.63, 3.8) is 0 Å². The number of ether oxygens (including phenoxy) is 1. The van der Waals surface area contributed by atoms with Gasteiger partial charge in [-0.15, -0.1) is 0 Å². The van der Waals surface area contributed by atoms with Gasteiger partial charge in [0.2, 0.25) is 10.0 Å². The monoisotopic (exact) mass is 401 g/mol. The van der Waals surface area contributed by atoms with Crippen LogP contribution in [0, 0.1) is 6.92 Å². The number of hydrogen-bond donors (Lipinski definition) is 1. The van der Waals surface area contributed by atoms with E-state index < -0.39 is 16.1 Å². The number of aryl methyl sites for hydroxylation is 1. The minimum atomic E-state index is -3.81. The summed E-state index contributed by atoms with van der Waals surface area (Å²) in [6.07, 6.45) is 0. The molecule has 3 aromatic rings. The third-order valence-corrected chi connectivity index (χ3v) is 6.05. The lowest BCUT2D eigenvalue weighted by atomic mass is 9.96. The van der Waals surface area contributed by atoms with E-state index in [0.29, 0.717) is 5.75 Å². The van der Waals surface area contributed by atoms with E-state index in [-0.39, 0.29) is 9.92 Å². The number of halogens is 1. The van der Waals surface area contributed by atoms with Gasteiger partial charge in [-0.05, 0) is 41.8 Å². The number of rotatable bonds is 6. The van der Waals surface area contributed by atoms with Crippen molar-refractivity contribution < 1.29 is 13.2 Å². The predicted octanol–water partition coefficient (Wildman–Crippen LogP) is 4.72. The molecule has 1 atom stereocenters. The highest BCUT2D eigenvalue weighted by atomic mass is 35.5. The average molecular weight is 402 g/mol. The summed E-state index contributed by atoms with van der Waals surface area (Å²) in [5, 5.41) is 0.243. The zero-order valence-electron chi connectivity index (χ0n) is 15.0. The fourth-order valence-corrected chi connectivity index (χ4v) is 4.46. The Balaban J connectivity index is 2.04. The van der Waals surface area contributed by atoms with Crippen molar-refractivity contribution in [1.82, 2.24) is 4.72 Å².